The van der Waals surface area contributed by atoms with Crippen molar-refractivity contribution in [3.05, 3.63) is 18.1 Å². The lowest BCUT2D eigenvalue weighted by Gasteiger charge is -2.21. The molecule has 0 spiro atoms. The van der Waals surface area contributed by atoms with Crippen molar-refractivity contribution in [2.75, 3.05) is 0 Å². The number of hydrogen-bond donors (Lipinski definition) is 1. The van der Waals surface area contributed by atoms with Crippen molar-refractivity contribution >= 4 is 23.0 Å². The number of imide groups is 1. The largest absolute Gasteiger partial charge is 0.479 e. The van der Waals surface area contributed by atoms with Gasteiger partial charge in [0.2, 0.25) is 5.91 Å². The molecule has 1 aliphatic rings. The summed E-state index contributed by atoms with van der Waals surface area (Å²) in [6.45, 7) is 1.89. The van der Waals surface area contributed by atoms with Gasteiger partial charge in [0.05, 0.1) is 11.7 Å². The molecule has 3 rings (SSSR count). The Balaban J connectivity index is 1.86. The first-order valence-corrected chi connectivity index (χ1v) is 6.34. The molecule has 0 aliphatic carbocycles. The minimum Gasteiger partial charge on any atom is -0.479 e. The molecule has 1 atom stereocenters. The number of carbonyl (C=O) groups excluding carboxylic acids is 2. The molecule has 1 saturated heterocycles. The Bertz CT molecular complexity index is 707. The number of nitrogens with one attached hydrogen (secondary N) is 1. The fraction of sp³-hybridized carbons (Fsp3) is 0.385. The lowest BCUT2D eigenvalue weighted by molar-refractivity contribution is -0.138. The van der Waals surface area contributed by atoms with E-state index in [0.717, 1.165) is 11.3 Å². The van der Waals surface area contributed by atoms with E-state index < -0.39 is 12.0 Å². The predicted molar refractivity (Wildman–Crippen MR) is 70.0 cm³/mol. The van der Waals surface area contributed by atoms with Gasteiger partial charge in [0.15, 0.2) is 11.8 Å². The summed E-state index contributed by atoms with van der Waals surface area (Å²) in [6, 6.07) is 1.80. The highest BCUT2D eigenvalue weighted by Crippen LogP contribution is 2.21. The van der Waals surface area contributed by atoms with E-state index >= 15 is 0 Å². The summed E-state index contributed by atoms with van der Waals surface area (Å²) in [5, 5.41) is 2.26. The molecule has 2 amide bonds. The minimum atomic E-state index is -0.652. The Kier molecular flexibility index (Phi) is 2.89. The summed E-state index contributed by atoms with van der Waals surface area (Å²) >= 11 is 0. The SMILES string of the molecule is Cc1nc2ncc(OC3CCC(=O)NC3=O)cc2n1C. The van der Waals surface area contributed by atoms with Crippen LogP contribution in [0.5, 0.6) is 5.75 Å². The number of carbonyl (C=O) groups is 2. The van der Waals surface area contributed by atoms with Gasteiger partial charge in [0, 0.05) is 26.0 Å². The normalized spacial score (nSPS) is 19.2. The quantitative estimate of drug-likeness (QED) is 0.804. The van der Waals surface area contributed by atoms with Crippen LogP contribution >= 0.6 is 0 Å². The Morgan fingerprint density at radius 3 is 3.00 bits per heavy atom. The maximum absolute atomic E-state index is 11.6. The van der Waals surface area contributed by atoms with Gasteiger partial charge in [-0.15, -0.1) is 0 Å². The van der Waals surface area contributed by atoms with Gasteiger partial charge in [-0.25, -0.2) is 9.97 Å². The number of imidazole rings is 1. The summed E-state index contributed by atoms with van der Waals surface area (Å²) in [7, 11) is 1.89. The van der Waals surface area contributed by atoms with Crippen LogP contribution in [0.15, 0.2) is 12.3 Å². The fourth-order valence-corrected chi connectivity index (χ4v) is 2.18. The van der Waals surface area contributed by atoms with Crippen LogP contribution in [0.3, 0.4) is 0 Å². The highest BCUT2D eigenvalue weighted by Gasteiger charge is 2.28. The molecule has 1 N–H and O–H groups in total. The highest BCUT2D eigenvalue weighted by atomic mass is 16.5. The topological polar surface area (TPSA) is 86.1 Å². The third-order valence-corrected chi connectivity index (χ3v) is 3.40. The van der Waals surface area contributed by atoms with Gasteiger partial charge >= 0.3 is 0 Å². The number of hydrogen-bond acceptors (Lipinski definition) is 5. The maximum Gasteiger partial charge on any atom is 0.267 e. The van der Waals surface area contributed by atoms with Crippen LogP contribution < -0.4 is 10.1 Å². The molecule has 0 radical (unpaired) electrons. The zero-order valence-electron chi connectivity index (χ0n) is 11.2. The van der Waals surface area contributed by atoms with Crippen LogP contribution in [-0.2, 0) is 16.6 Å². The summed E-state index contributed by atoms with van der Waals surface area (Å²) < 4.78 is 7.52. The third-order valence-electron chi connectivity index (χ3n) is 3.40. The number of nitrogens with zero attached hydrogens (tertiary/aromatic N) is 3. The van der Waals surface area contributed by atoms with E-state index in [-0.39, 0.29) is 12.3 Å². The van der Waals surface area contributed by atoms with E-state index in [0.29, 0.717) is 17.8 Å². The molecule has 20 heavy (non-hydrogen) atoms. The zero-order chi connectivity index (χ0) is 14.3. The molecule has 7 heteroatoms. The smallest absolute Gasteiger partial charge is 0.267 e. The number of ether oxygens (including phenoxy) is 1. The Labute approximate surface area is 115 Å². The van der Waals surface area contributed by atoms with Crippen molar-refractivity contribution in [3.63, 3.8) is 0 Å². The number of piperidine rings is 1. The maximum atomic E-state index is 11.6. The molecule has 0 bridgehead atoms. The monoisotopic (exact) mass is 274 g/mol. The average Bonchev–Trinajstić information content (AvgIpc) is 2.69. The van der Waals surface area contributed by atoms with Gasteiger partial charge in [0.1, 0.15) is 11.6 Å². The van der Waals surface area contributed by atoms with Crippen molar-refractivity contribution in [1.29, 1.82) is 0 Å². The van der Waals surface area contributed by atoms with Gasteiger partial charge in [0.25, 0.3) is 5.91 Å². The number of amides is 2. The molecular formula is C13H14N4O3. The van der Waals surface area contributed by atoms with Gasteiger partial charge in [-0.3, -0.25) is 14.9 Å². The van der Waals surface area contributed by atoms with E-state index in [1.807, 2.05) is 18.5 Å². The summed E-state index contributed by atoms with van der Waals surface area (Å²) in [6.07, 6.45) is 1.56. The molecule has 104 valence electrons. The van der Waals surface area contributed by atoms with Crippen LogP contribution in [0.2, 0.25) is 0 Å². The number of rotatable bonds is 2. The first kappa shape index (κ1) is 12.6. The standard InChI is InChI=1S/C13H14N4O3/c1-7-15-12-9(17(7)2)5-8(6-14-12)20-10-3-4-11(18)16-13(10)19/h5-6,10H,3-4H2,1-2H3,(H,16,18,19). The molecule has 3 heterocycles. The van der Waals surface area contributed by atoms with Gasteiger partial charge in [-0.1, -0.05) is 0 Å². The van der Waals surface area contributed by atoms with Crippen molar-refractivity contribution in [1.82, 2.24) is 19.9 Å². The van der Waals surface area contributed by atoms with Crippen molar-refractivity contribution in [3.8, 4) is 5.75 Å². The first-order chi connectivity index (χ1) is 9.54. The molecule has 2 aromatic rings. The average molecular weight is 274 g/mol. The van der Waals surface area contributed by atoms with E-state index in [4.69, 9.17) is 4.74 Å². The second kappa shape index (κ2) is 4.59. The number of aromatic nitrogens is 3. The Hall–Kier alpha value is -2.44. The molecule has 7 nitrogen and oxygen atoms in total. The third kappa shape index (κ3) is 2.11. The fourth-order valence-electron chi connectivity index (χ4n) is 2.18. The second-order valence-electron chi connectivity index (χ2n) is 4.79. The molecule has 0 aromatic carbocycles. The van der Waals surface area contributed by atoms with E-state index in [1.54, 1.807) is 12.3 Å². The van der Waals surface area contributed by atoms with Crippen molar-refractivity contribution in [2.45, 2.75) is 25.9 Å². The summed E-state index contributed by atoms with van der Waals surface area (Å²) in [5.41, 5.74) is 1.48. The Morgan fingerprint density at radius 2 is 2.25 bits per heavy atom. The van der Waals surface area contributed by atoms with Crippen LogP contribution in [0, 0.1) is 6.92 Å². The van der Waals surface area contributed by atoms with Gasteiger partial charge < -0.3 is 9.30 Å². The lowest BCUT2D eigenvalue weighted by Crippen LogP contribution is -2.46. The van der Waals surface area contributed by atoms with Gasteiger partial charge in [-0.2, -0.15) is 0 Å². The Morgan fingerprint density at radius 1 is 1.45 bits per heavy atom. The number of fused-ring (bicyclic) bond motifs is 1. The molecule has 1 fully saturated rings. The lowest BCUT2D eigenvalue weighted by atomic mass is 10.1. The van der Waals surface area contributed by atoms with Gasteiger partial charge in [-0.05, 0) is 6.92 Å². The first-order valence-electron chi connectivity index (χ1n) is 6.34. The number of aryl methyl sites for hydroxylation is 2. The van der Waals surface area contributed by atoms with Crippen molar-refractivity contribution < 1.29 is 14.3 Å². The molecule has 0 saturated carbocycles. The van der Waals surface area contributed by atoms with E-state index in [2.05, 4.69) is 15.3 Å². The molecule has 1 aliphatic heterocycles. The highest BCUT2D eigenvalue weighted by molar-refractivity contribution is 5.99. The summed E-state index contributed by atoms with van der Waals surface area (Å²) in [5.74, 6) is 0.689. The second-order valence-corrected chi connectivity index (χ2v) is 4.79. The van der Waals surface area contributed by atoms with Crippen LogP contribution in [0.4, 0.5) is 0 Å². The molecular weight excluding hydrogens is 260 g/mol. The molecule has 2 aromatic heterocycles. The zero-order valence-corrected chi connectivity index (χ0v) is 11.2. The summed E-state index contributed by atoms with van der Waals surface area (Å²) in [4.78, 5) is 31.2. The number of pyridine rings is 1. The van der Waals surface area contributed by atoms with E-state index in [9.17, 15) is 9.59 Å². The molecule has 1 unspecified atom stereocenters. The van der Waals surface area contributed by atoms with Crippen molar-refractivity contribution in [2.24, 2.45) is 7.05 Å². The van der Waals surface area contributed by atoms with Crippen LogP contribution in [-0.4, -0.2) is 32.5 Å². The van der Waals surface area contributed by atoms with E-state index in [1.165, 1.54) is 0 Å². The minimum absolute atomic E-state index is 0.259. The predicted octanol–water partition coefficient (Wildman–Crippen LogP) is 0.461. The van der Waals surface area contributed by atoms with Crippen LogP contribution in [0.1, 0.15) is 18.7 Å². The van der Waals surface area contributed by atoms with Crippen LogP contribution in [0.25, 0.3) is 11.2 Å².